The number of anilines is 1. The third-order valence-electron chi connectivity index (χ3n) is 4.20. The minimum atomic E-state index is -0.509. The van der Waals surface area contributed by atoms with Crippen molar-refractivity contribution in [2.24, 2.45) is 0 Å². The third kappa shape index (κ3) is 7.17. The Bertz CT molecular complexity index is 903. The number of amides is 1. The lowest BCUT2D eigenvalue weighted by molar-refractivity contribution is -0.112. The first-order chi connectivity index (χ1) is 14.1. The van der Waals surface area contributed by atoms with Gasteiger partial charge in [-0.1, -0.05) is 49.9 Å². The van der Waals surface area contributed by atoms with Gasteiger partial charge in [-0.25, -0.2) is 0 Å². The number of methoxy groups -OCH3 is 1. The zero-order valence-electron chi connectivity index (χ0n) is 16.7. The molecule has 0 fully saturated rings. The maximum absolute atomic E-state index is 12.4. The van der Waals surface area contributed by atoms with E-state index >= 15 is 0 Å². The molecule has 0 aliphatic carbocycles. The second-order valence-corrected chi connectivity index (χ2v) is 6.89. The average molecular weight is 413 g/mol. The molecule has 0 aliphatic heterocycles. The molecule has 1 N–H and O–H groups in total. The van der Waals surface area contributed by atoms with Crippen molar-refractivity contribution >= 4 is 29.3 Å². The largest absolute Gasteiger partial charge is 0.493 e. The third-order valence-corrected chi connectivity index (χ3v) is 4.44. The number of nitrogens with one attached hydrogen (secondary N) is 1. The van der Waals surface area contributed by atoms with Crippen molar-refractivity contribution in [2.75, 3.05) is 19.0 Å². The first-order valence-electron chi connectivity index (χ1n) is 9.57. The van der Waals surface area contributed by atoms with Crippen molar-refractivity contribution in [1.29, 1.82) is 5.26 Å². The van der Waals surface area contributed by atoms with Gasteiger partial charge in [-0.05, 0) is 48.4 Å². The monoisotopic (exact) mass is 412 g/mol. The van der Waals surface area contributed by atoms with Crippen LogP contribution in [0, 0.1) is 11.3 Å². The highest BCUT2D eigenvalue weighted by atomic mass is 35.5. The molecule has 0 aromatic heterocycles. The van der Waals surface area contributed by atoms with Crippen LogP contribution in [-0.4, -0.2) is 19.6 Å². The van der Waals surface area contributed by atoms with Crippen molar-refractivity contribution in [3.05, 3.63) is 58.6 Å². The van der Waals surface area contributed by atoms with E-state index in [1.165, 1.54) is 18.9 Å². The maximum Gasteiger partial charge on any atom is 0.266 e. The Balaban J connectivity index is 2.09. The van der Waals surface area contributed by atoms with Gasteiger partial charge in [0.2, 0.25) is 0 Å². The number of hydrogen-bond donors (Lipinski definition) is 1. The minimum absolute atomic E-state index is 0.0275. The molecule has 0 saturated heterocycles. The predicted octanol–water partition coefficient (Wildman–Crippen LogP) is 5.85. The Morgan fingerprint density at radius 3 is 2.69 bits per heavy atom. The van der Waals surface area contributed by atoms with Gasteiger partial charge in [0.1, 0.15) is 11.6 Å². The fourth-order valence-corrected chi connectivity index (χ4v) is 2.87. The van der Waals surface area contributed by atoms with E-state index in [0.29, 0.717) is 34.4 Å². The van der Waals surface area contributed by atoms with Gasteiger partial charge in [-0.2, -0.15) is 5.26 Å². The number of nitriles is 1. The fraction of sp³-hybridized carbons (Fsp3) is 0.304. The molecule has 0 unspecified atom stereocenters. The summed E-state index contributed by atoms with van der Waals surface area (Å²) in [5.41, 5.74) is 1.16. The molecule has 0 spiro atoms. The molecule has 0 radical (unpaired) electrons. The fourth-order valence-electron chi connectivity index (χ4n) is 2.68. The Morgan fingerprint density at radius 2 is 2.00 bits per heavy atom. The molecule has 2 aromatic carbocycles. The molecule has 0 saturated carbocycles. The molecular formula is C23H25ClN2O3. The number of carbonyl (C=O) groups is 1. The lowest BCUT2D eigenvalue weighted by Gasteiger charge is -2.11. The smallest absolute Gasteiger partial charge is 0.266 e. The number of rotatable bonds is 10. The van der Waals surface area contributed by atoms with Crippen LogP contribution >= 0.6 is 11.6 Å². The number of nitrogens with zero attached hydrogens (tertiary/aromatic N) is 1. The van der Waals surface area contributed by atoms with Gasteiger partial charge >= 0.3 is 0 Å². The number of benzene rings is 2. The molecule has 0 heterocycles. The van der Waals surface area contributed by atoms with Gasteiger partial charge in [0.15, 0.2) is 11.5 Å². The maximum atomic E-state index is 12.4. The van der Waals surface area contributed by atoms with Crippen molar-refractivity contribution in [2.45, 2.75) is 32.6 Å². The summed E-state index contributed by atoms with van der Waals surface area (Å²) in [5, 5.41) is 12.6. The first kappa shape index (κ1) is 22.3. The number of unbranched alkanes of at least 4 members (excludes halogenated alkanes) is 3. The molecule has 0 atom stereocenters. The van der Waals surface area contributed by atoms with Gasteiger partial charge < -0.3 is 14.8 Å². The summed E-state index contributed by atoms with van der Waals surface area (Å²) in [4.78, 5) is 12.4. The zero-order chi connectivity index (χ0) is 21.1. The van der Waals surface area contributed by atoms with Crippen LogP contribution in [0.1, 0.15) is 38.2 Å². The van der Waals surface area contributed by atoms with E-state index in [9.17, 15) is 10.1 Å². The average Bonchev–Trinajstić information content (AvgIpc) is 2.72. The Morgan fingerprint density at radius 1 is 1.17 bits per heavy atom. The lowest BCUT2D eigenvalue weighted by Crippen LogP contribution is -2.13. The van der Waals surface area contributed by atoms with Crippen LogP contribution in [0.4, 0.5) is 5.69 Å². The van der Waals surface area contributed by atoms with E-state index in [1.807, 2.05) is 6.07 Å². The molecular weight excluding hydrogens is 388 g/mol. The molecule has 0 bridgehead atoms. The van der Waals surface area contributed by atoms with E-state index in [-0.39, 0.29) is 5.57 Å². The summed E-state index contributed by atoms with van der Waals surface area (Å²) >= 11 is 5.92. The summed E-state index contributed by atoms with van der Waals surface area (Å²) in [6.07, 6.45) is 6.00. The van der Waals surface area contributed by atoms with Gasteiger partial charge in [0.05, 0.1) is 13.7 Å². The van der Waals surface area contributed by atoms with Crippen molar-refractivity contribution in [1.82, 2.24) is 0 Å². The molecule has 2 rings (SSSR count). The van der Waals surface area contributed by atoms with Crippen LogP contribution in [0.3, 0.4) is 0 Å². The molecule has 5 nitrogen and oxygen atoms in total. The lowest BCUT2D eigenvalue weighted by atomic mass is 10.1. The van der Waals surface area contributed by atoms with Gasteiger partial charge in [-0.3, -0.25) is 4.79 Å². The standard InChI is InChI=1S/C23H25ClN2O3/c1-3-4-5-6-12-29-21-11-10-17(14-22(21)28-2)13-18(16-25)23(27)26-20-9-7-8-19(24)15-20/h7-11,13-15H,3-6,12H2,1-2H3,(H,26,27)/b18-13-. The normalized spacial score (nSPS) is 10.9. The molecule has 1 amide bonds. The summed E-state index contributed by atoms with van der Waals surface area (Å²) < 4.78 is 11.2. The molecule has 152 valence electrons. The highest BCUT2D eigenvalue weighted by molar-refractivity contribution is 6.31. The number of hydrogen-bond acceptors (Lipinski definition) is 4. The van der Waals surface area contributed by atoms with Crippen LogP contribution in [-0.2, 0) is 4.79 Å². The number of carbonyl (C=O) groups excluding carboxylic acids is 1. The van der Waals surface area contributed by atoms with E-state index in [1.54, 1.807) is 49.6 Å². The van der Waals surface area contributed by atoms with Gasteiger partial charge in [0, 0.05) is 10.7 Å². The molecule has 0 aliphatic rings. The highest BCUT2D eigenvalue weighted by Crippen LogP contribution is 2.29. The molecule has 29 heavy (non-hydrogen) atoms. The van der Waals surface area contributed by atoms with Crippen LogP contribution < -0.4 is 14.8 Å². The predicted molar refractivity (Wildman–Crippen MR) is 116 cm³/mol. The summed E-state index contributed by atoms with van der Waals surface area (Å²) in [6, 6.07) is 14.0. The van der Waals surface area contributed by atoms with Crippen molar-refractivity contribution in [3.63, 3.8) is 0 Å². The topological polar surface area (TPSA) is 71.3 Å². The number of halogens is 1. The number of ether oxygens (including phenoxy) is 2. The quantitative estimate of drug-likeness (QED) is 0.301. The second-order valence-electron chi connectivity index (χ2n) is 6.45. The zero-order valence-corrected chi connectivity index (χ0v) is 17.5. The van der Waals surface area contributed by atoms with Gasteiger partial charge in [0.25, 0.3) is 5.91 Å². The van der Waals surface area contributed by atoms with Gasteiger partial charge in [-0.15, -0.1) is 0 Å². The highest BCUT2D eigenvalue weighted by Gasteiger charge is 2.11. The van der Waals surface area contributed by atoms with Crippen LogP contribution in [0.5, 0.6) is 11.5 Å². The van der Waals surface area contributed by atoms with Crippen molar-refractivity contribution in [3.8, 4) is 17.6 Å². The van der Waals surface area contributed by atoms with Crippen molar-refractivity contribution < 1.29 is 14.3 Å². The summed E-state index contributed by atoms with van der Waals surface area (Å²) in [7, 11) is 1.56. The molecule has 6 heteroatoms. The Kier molecular flexibility index (Phi) is 9.07. The first-order valence-corrected chi connectivity index (χ1v) is 9.94. The van der Waals surface area contributed by atoms with E-state index in [2.05, 4.69) is 12.2 Å². The minimum Gasteiger partial charge on any atom is -0.493 e. The van der Waals surface area contributed by atoms with Crippen LogP contribution in [0.25, 0.3) is 6.08 Å². The Hall–Kier alpha value is -2.97. The Labute approximate surface area is 176 Å². The van der Waals surface area contributed by atoms with Crippen LogP contribution in [0.2, 0.25) is 5.02 Å². The van der Waals surface area contributed by atoms with E-state index in [4.69, 9.17) is 21.1 Å². The van der Waals surface area contributed by atoms with E-state index < -0.39 is 5.91 Å². The molecule has 2 aromatic rings. The SMILES string of the molecule is CCCCCCOc1ccc(/C=C(/C#N)C(=O)Nc2cccc(Cl)c2)cc1OC. The summed E-state index contributed by atoms with van der Waals surface area (Å²) in [5.74, 6) is 0.690. The van der Waals surface area contributed by atoms with Crippen LogP contribution in [0.15, 0.2) is 48.0 Å². The summed E-state index contributed by atoms with van der Waals surface area (Å²) in [6.45, 7) is 2.79. The van der Waals surface area contributed by atoms with E-state index in [0.717, 1.165) is 12.8 Å². The second kappa shape index (κ2) is 11.8.